The zero-order chi connectivity index (χ0) is 17.1. The summed E-state index contributed by atoms with van der Waals surface area (Å²) in [7, 11) is 1.53. The Morgan fingerprint density at radius 2 is 2.04 bits per heavy atom. The Morgan fingerprint density at radius 1 is 1.25 bits per heavy atom. The molecule has 0 saturated carbocycles. The molecule has 24 heavy (non-hydrogen) atoms. The van der Waals surface area contributed by atoms with Crippen molar-refractivity contribution in [2.24, 2.45) is 0 Å². The Bertz CT molecular complexity index is 747. The van der Waals surface area contributed by atoms with Gasteiger partial charge in [-0.15, -0.1) is 11.3 Å². The molecule has 126 valence electrons. The van der Waals surface area contributed by atoms with E-state index in [0.717, 1.165) is 19.3 Å². The van der Waals surface area contributed by atoms with Crippen LogP contribution in [0, 0.1) is 0 Å². The van der Waals surface area contributed by atoms with E-state index in [0.29, 0.717) is 16.3 Å². The van der Waals surface area contributed by atoms with E-state index in [1.54, 1.807) is 25.1 Å². The molecule has 1 amide bonds. The number of benzene rings is 1. The molecular weight excluding hydrogens is 326 g/mol. The van der Waals surface area contributed by atoms with Crippen LogP contribution in [0.15, 0.2) is 30.3 Å². The Labute approximate surface area is 144 Å². The lowest BCUT2D eigenvalue weighted by Gasteiger charge is -2.14. The number of rotatable bonds is 5. The number of aryl methyl sites for hydroxylation is 2. The molecule has 0 radical (unpaired) electrons. The number of methoxy groups -OCH3 is 1. The number of carbonyl (C=O) groups excluding carboxylic acids is 2. The van der Waals surface area contributed by atoms with Gasteiger partial charge in [0, 0.05) is 4.88 Å². The van der Waals surface area contributed by atoms with E-state index in [9.17, 15) is 9.59 Å². The van der Waals surface area contributed by atoms with Gasteiger partial charge in [0.2, 0.25) is 0 Å². The molecule has 1 heterocycles. The second kappa shape index (κ2) is 7.05. The summed E-state index contributed by atoms with van der Waals surface area (Å²) in [4.78, 5) is 26.3. The lowest BCUT2D eigenvalue weighted by Crippen LogP contribution is -2.29. The quantitative estimate of drug-likeness (QED) is 0.843. The molecule has 0 fully saturated rings. The molecule has 1 atom stereocenters. The van der Waals surface area contributed by atoms with Crippen LogP contribution in [0.1, 0.15) is 33.5 Å². The molecule has 0 aliphatic heterocycles. The lowest BCUT2D eigenvalue weighted by molar-refractivity contribution is -0.123. The average Bonchev–Trinajstić information content (AvgIpc) is 3.16. The fourth-order valence-electron chi connectivity index (χ4n) is 2.68. The predicted octanol–water partition coefficient (Wildman–Crippen LogP) is 3.43. The summed E-state index contributed by atoms with van der Waals surface area (Å²) in [6, 6.07) is 8.98. The van der Waals surface area contributed by atoms with Gasteiger partial charge in [-0.25, -0.2) is 4.79 Å². The fourth-order valence-corrected chi connectivity index (χ4v) is 3.82. The van der Waals surface area contributed by atoms with Gasteiger partial charge in [-0.2, -0.15) is 0 Å². The molecule has 6 heteroatoms. The van der Waals surface area contributed by atoms with Crippen molar-refractivity contribution < 1.29 is 19.1 Å². The third kappa shape index (κ3) is 3.43. The van der Waals surface area contributed by atoms with E-state index in [-0.39, 0.29) is 0 Å². The number of ether oxygens (including phenoxy) is 2. The van der Waals surface area contributed by atoms with Gasteiger partial charge < -0.3 is 14.8 Å². The van der Waals surface area contributed by atoms with Gasteiger partial charge in [0.25, 0.3) is 5.91 Å². The van der Waals surface area contributed by atoms with Crippen LogP contribution >= 0.6 is 11.3 Å². The van der Waals surface area contributed by atoms with Crippen LogP contribution in [-0.4, -0.2) is 25.1 Å². The maximum atomic E-state index is 12.2. The summed E-state index contributed by atoms with van der Waals surface area (Å²) in [5.74, 6) is -0.284. The number of nitrogens with one attached hydrogen (secondary N) is 1. The van der Waals surface area contributed by atoms with Gasteiger partial charge in [0.15, 0.2) is 6.10 Å². The minimum absolute atomic E-state index is 0.392. The highest BCUT2D eigenvalue weighted by Gasteiger charge is 2.23. The summed E-state index contributed by atoms with van der Waals surface area (Å²) in [5, 5.41) is 2.72. The third-order valence-electron chi connectivity index (χ3n) is 3.97. The highest BCUT2D eigenvalue weighted by Crippen LogP contribution is 2.31. The number of fused-ring (bicyclic) bond motifs is 1. The van der Waals surface area contributed by atoms with Crippen LogP contribution in [0.25, 0.3) is 0 Å². The second-order valence-electron chi connectivity index (χ2n) is 5.65. The van der Waals surface area contributed by atoms with E-state index in [1.807, 2.05) is 12.1 Å². The number of carbonyl (C=O) groups is 2. The zero-order valence-electron chi connectivity index (χ0n) is 13.6. The molecule has 5 nitrogen and oxygen atoms in total. The minimum atomic E-state index is -0.889. The molecule has 1 aliphatic rings. The van der Waals surface area contributed by atoms with Gasteiger partial charge in [-0.1, -0.05) is 12.1 Å². The summed E-state index contributed by atoms with van der Waals surface area (Å²) < 4.78 is 10.5. The standard InChI is InChI=1S/C18H19NO4S/c1-11(17(20)19-13-7-3-4-8-14(13)22-2)23-18(21)16-10-12-6-5-9-15(12)24-16/h3-4,7-8,10-11H,5-6,9H2,1-2H3,(H,19,20)/t11-/m1/s1. The highest BCUT2D eigenvalue weighted by molar-refractivity contribution is 7.14. The van der Waals surface area contributed by atoms with Crippen LogP contribution in [0.5, 0.6) is 5.75 Å². The van der Waals surface area contributed by atoms with Crippen LogP contribution in [0.3, 0.4) is 0 Å². The summed E-state index contributed by atoms with van der Waals surface area (Å²) in [5.41, 5.74) is 1.78. The summed E-state index contributed by atoms with van der Waals surface area (Å²) in [6.45, 7) is 1.56. The van der Waals surface area contributed by atoms with Crippen LogP contribution in [0.4, 0.5) is 5.69 Å². The molecule has 3 rings (SSSR count). The molecular formula is C18H19NO4S. The summed E-state index contributed by atoms with van der Waals surface area (Å²) >= 11 is 1.47. The van der Waals surface area contributed by atoms with Crippen molar-refractivity contribution >= 4 is 28.9 Å². The summed E-state index contributed by atoms with van der Waals surface area (Å²) in [6.07, 6.45) is 2.30. The number of hydrogen-bond donors (Lipinski definition) is 1. The number of esters is 1. The van der Waals surface area contributed by atoms with E-state index in [1.165, 1.54) is 28.9 Å². The Hall–Kier alpha value is -2.34. The Balaban J connectivity index is 1.62. The SMILES string of the molecule is COc1ccccc1NC(=O)[C@@H](C)OC(=O)c1cc2c(s1)CCC2. The van der Waals surface area contributed by atoms with E-state index in [4.69, 9.17) is 9.47 Å². The van der Waals surface area contributed by atoms with Crippen molar-refractivity contribution in [1.82, 2.24) is 0 Å². The highest BCUT2D eigenvalue weighted by atomic mass is 32.1. The number of anilines is 1. The first kappa shape index (κ1) is 16.5. The van der Waals surface area contributed by atoms with E-state index in [2.05, 4.69) is 5.32 Å². The lowest BCUT2D eigenvalue weighted by atomic mass is 10.2. The van der Waals surface area contributed by atoms with Gasteiger partial charge >= 0.3 is 5.97 Å². The van der Waals surface area contributed by atoms with E-state index < -0.39 is 18.0 Å². The minimum Gasteiger partial charge on any atom is -0.495 e. The molecule has 0 bridgehead atoms. The molecule has 2 aromatic rings. The molecule has 1 aromatic heterocycles. The topological polar surface area (TPSA) is 64.6 Å². The largest absolute Gasteiger partial charge is 0.495 e. The van der Waals surface area contributed by atoms with Crippen molar-refractivity contribution in [3.63, 3.8) is 0 Å². The van der Waals surface area contributed by atoms with Crippen molar-refractivity contribution in [3.8, 4) is 5.75 Å². The third-order valence-corrected chi connectivity index (χ3v) is 5.18. The first-order valence-electron chi connectivity index (χ1n) is 7.85. The maximum Gasteiger partial charge on any atom is 0.349 e. The number of amides is 1. The van der Waals surface area contributed by atoms with Crippen molar-refractivity contribution in [3.05, 3.63) is 45.6 Å². The van der Waals surface area contributed by atoms with Crippen LogP contribution in [0.2, 0.25) is 0 Å². The molecule has 0 saturated heterocycles. The monoisotopic (exact) mass is 345 g/mol. The number of thiophene rings is 1. The maximum absolute atomic E-state index is 12.2. The number of hydrogen-bond acceptors (Lipinski definition) is 5. The van der Waals surface area contributed by atoms with Gasteiger partial charge in [0.05, 0.1) is 12.8 Å². The van der Waals surface area contributed by atoms with Gasteiger partial charge in [-0.3, -0.25) is 4.79 Å². The van der Waals surface area contributed by atoms with Crippen LogP contribution in [-0.2, 0) is 22.4 Å². The van der Waals surface area contributed by atoms with Crippen molar-refractivity contribution in [1.29, 1.82) is 0 Å². The zero-order valence-corrected chi connectivity index (χ0v) is 14.4. The number of para-hydroxylation sites is 2. The molecule has 1 aliphatic carbocycles. The smallest absolute Gasteiger partial charge is 0.349 e. The average molecular weight is 345 g/mol. The second-order valence-corrected chi connectivity index (χ2v) is 6.79. The van der Waals surface area contributed by atoms with E-state index >= 15 is 0 Å². The van der Waals surface area contributed by atoms with Crippen molar-refractivity contribution in [2.45, 2.75) is 32.3 Å². The molecule has 0 spiro atoms. The fraction of sp³-hybridized carbons (Fsp3) is 0.333. The normalized spacial score (nSPS) is 13.9. The van der Waals surface area contributed by atoms with Crippen molar-refractivity contribution in [2.75, 3.05) is 12.4 Å². The van der Waals surface area contributed by atoms with Gasteiger partial charge in [-0.05, 0) is 49.9 Å². The first-order valence-corrected chi connectivity index (χ1v) is 8.66. The van der Waals surface area contributed by atoms with Crippen LogP contribution < -0.4 is 10.1 Å². The Morgan fingerprint density at radius 3 is 2.79 bits per heavy atom. The molecule has 0 unspecified atom stereocenters. The van der Waals surface area contributed by atoms with Gasteiger partial charge in [0.1, 0.15) is 10.6 Å². The molecule has 1 aromatic carbocycles. The molecule has 1 N–H and O–H groups in total. The Kier molecular flexibility index (Phi) is 4.85. The predicted molar refractivity (Wildman–Crippen MR) is 92.8 cm³/mol. The first-order chi connectivity index (χ1) is 11.6.